The molecule has 3 aliphatic rings. The molecule has 0 spiro atoms. The van der Waals surface area contributed by atoms with Crippen molar-refractivity contribution in [2.75, 3.05) is 11.5 Å². The minimum absolute atomic E-state index is 0.0480. The summed E-state index contributed by atoms with van der Waals surface area (Å²) in [6, 6.07) is 17.2. The lowest BCUT2D eigenvalue weighted by Gasteiger charge is -2.41. The Bertz CT molecular complexity index is 1700. The molecule has 0 bridgehead atoms. The predicted molar refractivity (Wildman–Crippen MR) is 167 cm³/mol. The summed E-state index contributed by atoms with van der Waals surface area (Å²) in [4.78, 5) is 42.4. The molecule has 3 aromatic carbocycles. The van der Waals surface area contributed by atoms with Gasteiger partial charge in [0.1, 0.15) is 12.4 Å². The molecule has 0 radical (unpaired) electrons. The Morgan fingerprint density at radius 1 is 1.04 bits per heavy atom. The molecule has 1 unspecified atom stereocenters. The number of carbonyl (C=O) groups excluding carboxylic acids is 3. The second kappa shape index (κ2) is 11.5. The van der Waals surface area contributed by atoms with E-state index in [2.05, 4.69) is 4.74 Å². The number of fused-ring (bicyclic) bond motifs is 1. The van der Waals surface area contributed by atoms with E-state index in [9.17, 15) is 27.6 Å². The van der Waals surface area contributed by atoms with E-state index in [0.29, 0.717) is 36.1 Å². The summed E-state index contributed by atoms with van der Waals surface area (Å²) in [5.41, 5.74) is 4.27. The smallest absolute Gasteiger partial charge is 0.447 e. The summed E-state index contributed by atoms with van der Waals surface area (Å²) in [5.74, 6) is -1.56. The van der Waals surface area contributed by atoms with Crippen LogP contribution in [-0.4, -0.2) is 47.9 Å². The number of ether oxygens (including phenoxy) is 2. The van der Waals surface area contributed by atoms with Gasteiger partial charge in [0, 0.05) is 35.0 Å². The zero-order valence-electron chi connectivity index (χ0n) is 26.5. The number of rotatable bonds is 7. The number of carbonyl (C=O) groups is 3. The monoisotopic (exact) mass is 634 g/mol. The van der Waals surface area contributed by atoms with Gasteiger partial charge in [-0.05, 0) is 85.5 Å². The van der Waals surface area contributed by atoms with Crippen molar-refractivity contribution in [1.82, 2.24) is 4.90 Å². The molecular weight excluding hydrogens is 597 g/mol. The van der Waals surface area contributed by atoms with E-state index in [0.717, 1.165) is 16.7 Å². The lowest BCUT2D eigenvalue weighted by atomic mass is 9.75. The molecule has 3 aromatic rings. The van der Waals surface area contributed by atoms with Crippen molar-refractivity contribution in [3.8, 4) is 16.9 Å². The number of nitrogens with zero attached hydrogens (tertiary/aromatic N) is 2. The van der Waals surface area contributed by atoms with Crippen LogP contribution < -0.4 is 9.64 Å². The van der Waals surface area contributed by atoms with Gasteiger partial charge in [-0.15, -0.1) is 13.2 Å². The maximum atomic E-state index is 13.6. The first kappa shape index (κ1) is 31.6. The highest BCUT2D eigenvalue weighted by atomic mass is 19.4. The molecule has 10 heteroatoms. The average molecular weight is 635 g/mol. The molecule has 3 amide bonds. The van der Waals surface area contributed by atoms with Gasteiger partial charge in [0.2, 0.25) is 11.8 Å². The molecule has 2 heterocycles. The van der Waals surface area contributed by atoms with E-state index in [-0.39, 0.29) is 41.7 Å². The number of aryl methyl sites for hydroxylation is 1. The largest absolute Gasteiger partial charge is 0.573 e. The van der Waals surface area contributed by atoms with Crippen LogP contribution in [0.5, 0.6) is 5.75 Å². The normalized spacial score (nSPS) is 22.2. The fraction of sp³-hybridized carbons (Fsp3) is 0.417. The molecule has 6 rings (SSSR count). The third-order valence-corrected chi connectivity index (χ3v) is 9.28. The maximum Gasteiger partial charge on any atom is 0.573 e. The highest BCUT2D eigenvalue weighted by molar-refractivity contribution is 6.00. The Kier molecular flexibility index (Phi) is 7.89. The van der Waals surface area contributed by atoms with Crippen LogP contribution in [0.15, 0.2) is 60.7 Å². The number of halogens is 3. The van der Waals surface area contributed by atoms with E-state index >= 15 is 0 Å². The molecule has 1 aliphatic carbocycles. The Morgan fingerprint density at radius 2 is 1.76 bits per heavy atom. The lowest BCUT2D eigenvalue weighted by Crippen LogP contribution is -2.45. The van der Waals surface area contributed by atoms with Crippen LogP contribution in [0.4, 0.5) is 23.7 Å². The molecule has 0 aromatic heterocycles. The highest BCUT2D eigenvalue weighted by Gasteiger charge is 2.51. The standard InChI is InChI=1S/C36H37F3N2O5/c1-20(2)40-30-17-25(21(3)13-29(30)35(4,5)18-32(40)42)27-15-23(11-12-31(27)46-36(37,38)39)26-16-28(26)33(43)41-24(19-45-34(41)44)14-22-9-7-6-8-10-22/h6-13,15,17,20,24,26,28H,14,16,18-19H2,1-5H3/t24-,26?,28-/m0/s1. The van der Waals surface area contributed by atoms with Gasteiger partial charge < -0.3 is 14.4 Å². The van der Waals surface area contributed by atoms with E-state index in [1.807, 2.05) is 71.0 Å². The molecule has 0 N–H and O–H groups in total. The predicted octanol–water partition coefficient (Wildman–Crippen LogP) is 7.68. The summed E-state index contributed by atoms with van der Waals surface area (Å²) in [6.07, 6.45) is -4.37. The van der Waals surface area contributed by atoms with Crippen molar-refractivity contribution in [1.29, 1.82) is 0 Å². The minimum atomic E-state index is -4.93. The molecule has 242 valence electrons. The van der Waals surface area contributed by atoms with Gasteiger partial charge in [-0.1, -0.05) is 56.3 Å². The number of cyclic esters (lactones) is 1. The fourth-order valence-electron chi connectivity index (χ4n) is 6.97. The Morgan fingerprint density at radius 3 is 2.43 bits per heavy atom. The zero-order valence-corrected chi connectivity index (χ0v) is 26.5. The van der Waals surface area contributed by atoms with Crippen LogP contribution in [0, 0.1) is 12.8 Å². The van der Waals surface area contributed by atoms with E-state index < -0.39 is 29.8 Å². The zero-order chi connectivity index (χ0) is 33.1. The Hall–Kier alpha value is -4.34. The highest BCUT2D eigenvalue weighted by Crippen LogP contribution is 2.52. The summed E-state index contributed by atoms with van der Waals surface area (Å²) in [7, 11) is 0. The Labute approximate surface area is 266 Å². The molecule has 1 saturated heterocycles. The number of hydrogen-bond donors (Lipinski definition) is 0. The number of anilines is 1. The van der Waals surface area contributed by atoms with E-state index in [1.165, 1.54) is 11.0 Å². The van der Waals surface area contributed by atoms with Crippen molar-refractivity contribution in [2.45, 2.75) is 83.7 Å². The number of amides is 3. The molecular formula is C36H37F3N2O5. The minimum Gasteiger partial charge on any atom is -0.447 e. The number of alkyl halides is 3. The first-order valence-electron chi connectivity index (χ1n) is 15.6. The van der Waals surface area contributed by atoms with E-state index in [4.69, 9.17) is 4.74 Å². The number of imide groups is 1. The van der Waals surface area contributed by atoms with Crippen LogP contribution >= 0.6 is 0 Å². The van der Waals surface area contributed by atoms with E-state index in [1.54, 1.807) is 23.1 Å². The summed E-state index contributed by atoms with van der Waals surface area (Å²) >= 11 is 0. The van der Waals surface area contributed by atoms with Gasteiger partial charge in [-0.25, -0.2) is 9.69 Å². The third-order valence-electron chi connectivity index (χ3n) is 9.28. The average Bonchev–Trinajstić information content (AvgIpc) is 3.69. The van der Waals surface area contributed by atoms with Crippen molar-refractivity contribution in [2.24, 2.45) is 5.92 Å². The second-order valence-corrected chi connectivity index (χ2v) is 13.5. The fourth-order valence-corrected chi connectivity index (χ4v) is 6.97. The molecule has 46 heavy (non-hydrogen) atoms. The summed E-state index contributed by atoms with van der Waals surface area (Å²) in [5, 5.41) is 0. The first-order chi connectivity index (χ1) is 21.6. The van der Waals surface area contributed by atoms with Gasteiger partial charge in [-0.2, -0.15) is 0 Å². The quantitative estimate of drug-likeness (QED) is 0.267. The molecule has 2 fully saturated rings. The third kappa shape index (κ3) is 5.97. The van der Waals surface area contributed by atoms with Crippen molar-refractivity contribution in [3.63, 3.8) is 0 Å². The molecule has 7 nitrogen and oxygen atoms in total. The van der Waals surface area contributed by atoms with Crippen LogP contribution in [0.25, 0.3) is 11.1 Å². The van der Waals surface area contributed by atoms with Gasteiger partial charge in [0.05, 0.1) is 6.04 Å². The van der Waals surface area contributed by atoms with Crippen LogP contribution in [-0.2, 0) is 26.2 Å². The molecule has 3 atom stereocenters. The van der Waals surface area contributed by atoms with Crippen LogP contribution in [0.2, 0.25) is 0 Å². The van der Waals surface area contributed by atoms with Gasteiger partial charge >= 0.3 is 12.5 Å². The topological polar surface area (TPSA) is 76.2 Å². The van der Waals surface area contributed by atoms with Crippen molar-refractivity contribution >= 4 is 23.6 Å². The lowest BCUT2D eigenvalue weighted by molar-refractivity contribution is -0.274. The Balaban J connectivity index is 1.35. The summed E-state index contributed by atoms with van der Waals surface area (Å²) < 4.78 is 50.6. The van der Waals surface area contributed by atoms with Gasteiger partial charge in [0.15, 0.2) is 0 Å². The molecule has 2 aliphatic heterocycles. The first-order valence-corrected chi connectivity index (χ1v) is 15.6. The van der Waals surface area contributed by atoms with Gasteiger partial charge in [0.25, 0.3) is 0 Å². The molecule has 1 saturated carbocycles. The maximum absolute atomic E-state index is 13.6. The van der Waals surface area contributed by atoms with Gasteiger partial charge in [-0.3, -0.25) is 9.59 Å². The van der Waals surface area contributed by atoms with Crippen LogP contribution in [0.1, 0.15) is 68.7 Å². The van der Waals surface area contributed by atoms with Crippen molar-refractivity contribution in [3.05, 3.63) is 82.9 Å². The second-order valence-electron chi connectivity index (χ2n) is 13.5. The number of hydrogen-bond acceptors (Lipinski definition) is 5. The van der Waals surface area contributed by atoms with Crippen LogP contribution in [0.3, 0.4) is 0 Å². The number of benzene rings is 3. The van der Waals surface area contributed by atoms with Crippen molar-refractivity contribution < 1.29 is 37.0 Å². The summed E-state index contributed by atoms with van der Waals surface area (Å²) in [6.45, 7) is 9.73. The SMILES string of the molecule is Cc1cc2c(cc1-c1cc(C3C[C@@H]3C(=O)N3C(=O)OC[C@@H]3Cc3ccccc3)ccc1OC(F)(F)F)N(C(C)C)C(=O)CC2(C)C.